The van der Waals surface area contributed by atoms with Gasteiger partial charge in [-0.3, -0.25) is 4.98 Å². The molecule has 0 radical (unpaired) electrons. The van der Waals surface area contributed by atoms with Crippen molar-refractivity contribution in [2.75, 3.05) is 18.6 Å². The second-order valence-electron chi connectivity index (χ2n) is 9.01. The zero-order valence-corrected chi connectivity index (χ0v) is 19.7. The van der Waals surface area contributed by atoms with Crippen molar-refractivity contribution in [1.29, 1.82) is 0 Å². The number of halogens is 3. The average molecular weight is 478 g/mol. The van der Waals surface area contributed by atoms with E-state index in [9.17, 15) is 18.5 Å². The summed E-state index contributed by atoms with van der Waals surface area (Å²) in [5, 5.41) is 13.7. The number of aryl methyl sites for hydroxylation is 1. The van der Waals surface area contributed by atoms with Crippen LogP contribution in [0.25, 0.3) is 10.9 Å². The predicted molar refractivity (Wildman–Crippen MR) is 122 cm³/mol. The van der Waals surface area contributed by atoms with Crippen LogP contribution in [-0.4, -0.2) is 39.5 Å². The Labute approximate surface area is 190 Å². The number of rotatable bonds is 7. The van der Waals surface area contributed by atoms with Crippen LogP contribution in [0, 0.1) is 18.7 Å². The Balaban J connectivity index is 1.72. The lowest BCUT2D eigenvalue weighted by Gasteiger charge is -2.25. The third kappa shape index (κ3) is 4.62. The van der Waals surface area contributed by atoms with Gasteiger partial charge in [-0.05, 0) is 58.1 Å². The SMILES string of the molecule is Cc1nc(N[C@H](C)c2cccc(C(F)(F)[C@@H](O)C3CC3)c2F)c2cc(P(C)(C)=O)ncc2n1. The van der Waals surface area contributed by atoms with Gasteiger partial charge in [-0.15, -0.1) is 0 Å². The maximum atomic E-state index is 15.3. The van der Waals surface area contributed by atoms with Crippen LogP contribution >= 0.6 is 7.14 Å². The van der Waals surface area contributed by atoms with Crippen molar-refractivity contribution < 1.29 is 22.8 Å². The minimum absolute atomic E-state index is 0.0190. The van der Waals surface area contributed by atoms with Gasteiger partial charge in [0, 0.05) is 10.9 Å². The van der Waals surface area contributed by atoms with Gasteiger partial charge >= 0.3 is 5.92 Å². The fraction of sp³-hybridized carbons (Fsp3) is 0.435. The van der Waals surface area contributed by atoms with Crippen molar-refractivity contribution in [2.45, 2.75) is 44.8 Å². The molecule has 2 N–H and O–H groups in total. The minimum Gasteiger partial charge on any atom is -0.386 e. The molecule has 2 atom stereocenters. The Hall–Kier alpha value is -2.51. The van der Waals surface area contributed by atoms with Crippen molar-refractivity contribution in [1.82, 2.24) is 15.0 Å². The monoisotopic (exact) mass is 478 g/mol. The van der Waals surface area contributed by atoms with Crippen LogP contribution in [0.5, 0.6) is 0 Å². The molecule has 4 rings (SSSR count). The summed E-state index contributed by atoms with van der Waals surface area (Å²) in [6, 6.07) is 4.69. The first-order valence-corrected chi connectivity index (χ1v) is 13.3. The Morgan fingerprint density at radius 3 is 2.58 bits per heavy atom. The molecular weight excluding hydrogens is 452 g/mol. The number of pyridine rings is 1. The van der Waals surface area contributed by atoms with Gasteiger partial charge in [-0.25, -0.2) is 14.4 Å². The lowest BCUT2D eigenvalue weighted by molar-refractivity contribution is -0.126. The summed E-state index contributed by atoms with van der Waals surface area (Å²) in [5.41, 5.74) is 0.120. The van der Waals surface area contributed by atoms with Crippen molar-refractivity contribution in [2.24, 2.45) is 5.92 Å². The van der Waals surface area contributed by atoms with E-state index in [1.54, 1.807) is 33.2 Å². The molecule has 0 unspecified atom stereocenters. The van der Waals surface area contributed by atoms with Crippen molar-refractivity contribution >= 4 is 29.3 Å². The number of aromatic nitrogens is 3. The molecule has 0 spiro atoms. The molecule has 6 nitrogen and oxygen atoms in total. The molecular formula is C23H26F3N4O2P. The lowest BCUT2D eigenvalue weighted by Crippen LogP contribution is -2.34. The van der Waals surface area contributed by atoms with Gasteiger partial charge < -0.3 is 15.0 Å². The zero-order valence-electron chi connectivity index (χ0n) is 18.8. The van der Waals surface area contributed by atoms with Gasteiger partial charge in [-0.2, -0.15) is 8.78 Å². The number of aliphatic hydroxyl groups excluding tert-OH is 1. The number of benzene rings is 1. The van der Waals surface area contributed by atoms with Gasteiger partial charge in [0.05, 0.1) is 23.3 Å². The standard InChI is InChI=1S/C23H26F3N4O2P/c1-12(15-6-5-7-17(20(15)24)23(25,26)21(31)14-8-9-14)28-22-16-10-19(33(3,4)32)27-11-18(16)29-13(2)30-22/h5-7,10-12,14,21,31H,8-9H2,1-4H3,(H,28,29,30)/t12-,21+/m1/s1. The van der Waals surface area contributed by atoms with Crippen LogP contribution in [0.3, 0.4) is 0 Å². The Morgan fingerprint density at radius 1 is 1.24 bits per heavy atom. The number of hydrogen-bond acceptors (Lipinski definition) is 6. The van der Waals surface area contributed by atoms with Crippen LogP contribution in [0.1, 0.15) is 42.8 Å². The Kier molecular flexibility index (Phi) is 5.99. The topological polar surface area (TPSA) is 88.0 Å². The highest BCUT2D eigenvalue weighted by atomic mass is 31.2. The largest absolute Gasteiger partial charge is 0.386 e. The number of nitrogens with zero attached hydrogens (tertiary/aromatic N) is 3. The smallest absolute Gasteiger partial charge is 0.301 e. The Bertz CT molecular complexity index is 1260. The Morgan fingerprint density at radius 2 is 1.94 bits per heavy atom. The summed E-state index contributed by atoms with van der Waals surface area (Å²) < 4.78 is 57.4. The lowest BCUT2D eigenvalue weighted by atomic mass is 9.95. The first-order valence-electron chi connectivity index (χ1n) is 10.7. The third-order valence-corrected chi connectivity index (χ3v) is 7.23. The molecule has 0 bridgehead atoms. The van der Waals surface area contributed by atoms with Gasteiger partial charge in [0.1, 0.15) is 36.1 Å². The molecule has 33 heavy (non-hydrogen) atoms. The molecule has 10 heteroatoms. The zero-order chi connectivity index (χ0) is 24.1. The van der Waals surface area contributed by atoms with E-state index in [0.29, 0.717) is 40.8 Å². The van der Waals surface area contributed by atoms with Crippen LogP contribution in [0.2, 0.25) is 0 Å². The average Bonchev–Trinajstić information content (AvgIpc) is 3.57. The van der Waals surface area contributed by atoms with Crippen LogP contribution < -0.4 is 10.8 Å². The van der Waals surface area contributed by atoms with E-state index < -0.39 is 42.5 Å². The van der Waals surface area contributed by atoms with Crippen LogP contribution in [0.4, 0.5) is 19.0 Å². The van der Waals surface area contributed by atoms with E-state index in [0.717, 1.165) is 6.07 Å². The second kappa shape index (κ2) is 8.37. The molecule has 2 aromatic heterocycles. The van der Waals surface area contributed by atoms with Gasteiger partial charge in [0.25, 0.3) is 0 Å². The van der Waals surface area contributed by atoms with E-state index in [2.05, 4.69) is 20.3 Å². The summed E-state index contributed by atoms with van der Waals surface area (Å²) >= 11 is 0. The minimum atomic E-state index is -3.69. The first-order chi connectivity index (χ1) is 15.4. The molecule has 1 fully saturated rings. The number of aliphatic hydroxyl groups is 1. The fourth-order valence-electron chi connectivity index (χ4n) is 3.83. The normalized spacial score (nSPS) is 16.6. The third-order valence-electron chi connectivity index (χ3n) is 5.88. The van der Waals surface area contributed by atoms with Crippen molar-refractivity contribution in [3.63, 3.8) is 0 Å². The van der Waals surface area contributed by atoms with E-state index >= 15 is 4.39 Å². The van der Waals surface area contributed by atoms with Gasteiger partial charge in [-0.1, -0.05) is 12.1 Å². The van der Waals surface area contributed by atoms with E-state index in [-0.39, 0.29) is 5.56 Å². The number of nitrogens with one attached hydrogen (secondary N) is 1. The van der Waals surface area contributed by atoms with Crippen molar-refractivity contribution in [3.05, 3.63) is 53.2 Å². The molecule has 0 saturated heterocycles. The molecule has 3 aromatic rings. The molecule has 1 aromatic carbocycles. The summed E-state index contributed by atoms with van der Waals surface area (Å²) in [4.78, 5) is 13.0. The molecule has 176 valence electrons. The quantitative estimate of drug-likeness (QED) is 0.477. The number of hydrogen-bond donors (Lipinski definition) is 2. The number of alkyl halides is 2. The predicted octanol–water partition coefficient (Wildman–Crippen LogP) is 4.76. The highest BCUT2D eigenvalue weighted by molar-refractivity contribution is 7.69. The highest BCUT2D eigenvalue weighted by Gasteiger charge is 2.50. The van der Waals surface area contributed by atoms with Gasteiger partial charge in [0.15, 0.2) is 0 Å². The second-order valence-corrected chi connectivity index (χ2v) is 12.2. The summed E-state index contributed by atoms with van der Waals surface area (Å²) in [5.74, 6) is -4.47. The van der Waals surface area contributed by atoms with Crippen molar-refractivity contribution in [3.8, 4) is 0 Å². The molecule has 2 heterocycles. The maximum absolute atomic E-state index is 15.3. The summed E-state index contributed by atoms with van der Waals surface area (Å²) in [7, 11) is -2.65. The maximum Gasteiger partial charge on any atom is 0.301 e. The highest BCUT2D eigenvalue weighted by Crippen LogP contribution is 2.45. The molecule has 1 saturated carbocycles. The molecule has 0 aliphatic heterocycles. The first kappa shape index (κ1) is 23.6. The van der Waals surface area contributed by atoms with E-state index in [1.807, 2.05) is 0 Å². The van der Waals surface area contributed by atoms with Gasteiger partial charge in [0.2, 0.25) is 0 Å². The number of anilines is 1. The van der Waals surface area contributed by atoms with Crippen LogP contribution in [-0.2, 0) is 10.5 Å². The molecule has 1 aliphatic rings. The van der Waals surface area contributed by atoms with Crippen LogP contribution in [0.15, 0.2) is 30.5 Å². The molecule has 0 amide bonds. The van der Waals surface area contributed by atoms with E-state index in [4.69, 9.17) is 0 Å². The summed E-state index contributed by atoms with van der Waals surface area (Å²) in [6.45, 7) is 6.52. The number of fused-ring (bicyclic) bond motifs is 1. The molecule has 1 aliphatic carbocycles. The summed E-state index contributed by atoms with van der Waals surface area (Å²) in [6.07, 6.45) is 0.615. The fourth-order valence-corrected chi connectivity index (χ4v) is 4.61. The van der Waals surface area contributed by atoms with E-state index in [1.165, 1.54) is 18.3 Å².